The van der Waals surface area contributed by atoms with E-state index >= 15 is 0 Å². The molecule has 0 aromatic heterocycles. The number of hydrogen-bond donors (Lipinski definition) is 3. The molecule has 5 N–H and O–H groups in total. The molecule has 0 saturated heterocycles. The average molecular weight is 292 g/mol. The molecule has 4 nitrogen and oxygen atoms in total. The van der Waals surface area contributed by atoms with E-state index in [4.69, 9.17) is 17.0 Å². The van der Waals surface area contributed by atoms with Gasteiger partial charge in [0.2, 0.25) is 5.96 Å². The molecule has 0 aliphatic rings. The van der Waals surface area contributed by atoms with E-state index in [0.29, 0.717) is 6.54 Å². The number of nitrogens with one attached hydrogen (secondary N) is 1. The summed E-state index contributed by atoms with van der Waals surface area (Å²) < 4.78 is 0. The summed E-state index contributed by atoms with van der Waals surface area (Å²) in [5, 5.41) is 8.22. The van der Waals surface area contributed by atoms with E-state index in [9.17, 15) is 0 Å². The molecule has 0 aliphatic carbocycles. The molecule has 72 valence electrons. The maximum Gasteiger partial charge on any atom is 0.203 e. The molecule has 0 aliphatic heterocycles. The molecule has 13 heavy (non-hydrogen) atoms. The van der Waals surface area contributed by atoms with Crippen LogP contribution in [0.2, 0.25) is 0 Å². The molecule has 5 heteroatoms. The fraction of sp³-hybridized carbons (Fsp3) is 0.125. The van der Waals surface area contributed by atoms with Crippen LogP contribution in [-0.2, 0) is 6.54 Å². The van der Waals surface area contributed by atoms with Crippen LogP contribution in [0.3, 0.4) is 0 Å². The molecule has 0 fully saturated rings. The lowest BCUT2D eigenvalue weighted by Gasteiger charge is -2.15. The van der Waals surface area contributed by atoms with Crippen molar-refractivity contribution in [1.82, 2.24) is 5.01 Å². The van der Waals surface area contributed by atoms with Crippen molar-refractivity contribution in [2.45, 2.75) is 6.54 Å². The second-order valence-corrected chi connectivity index (χ2v) is 2.50. The van der Waals surface area contributed by atoms with Crippen molar-refractivity contribution >= 4 is 29.9 Å². The van der Waals surface area contributed by atoms with Crippen molar-refractivity contribution < 1.29 is 0 Å². The fourth-order valence-corrected chi connectivity index (χ4v) is 0.865. The lowest BCUT2D eigenvalue weighted by molar-refractivity contribution is 0.426. The normalized spacial score (nSPS) is 8.69. The molecule has 1 rings (SSSR count). The van der Waals surface area contributed by atoms with E-state index in [0.717, 1.165) is 5.56 Å². The highest BCUT2D eigenvalue weighted by Crippen LogP contribution is 1.99. The Bertz CT molecular complexity index is 262. The third kappa shape index (κ3) is 4.09. The monoisotopic (exact) mass is 292 g/mol. The number of nitrogens with two attached hydrogens (primary N) is 2. The summed E-state index contributed by atoms with van der Waals surface area (Å²) >= 11 is 0. The largest absolute Gasteiger partial charge is 0.369 e. The van der Waals surface area contributed by atoms with Crippen LogP contribution >= 0.6 is 24.0 Å². The molecule has 0 saturated carbocycles. The highest BCUT2D eigenvalue weighted by molar-refractivity contribution is 14.0. The Hall–Kier alpha value is -0.820. The van der Waals surface area contributed by atoms with Crippen LogP contribution in [0.15, 0.2) is 30.3 Å². The van der Waals surface area contributed by atoms with E-state index < -0.39 is 0 Å². The minimum atomic E-state index is -0.126. The molecule has 0 spiro atoms. The van der Waals surface area contributed by atoms with Gasteiger partial charge in [0.15, 0.2) is 0 Å². The van der Waals surface area contributed by atoms with Crippen molar-refractivity contribution in [2.75, 3.05) is 0 Å². The number of nitrogens with zero attached hydrogens (tertiary/aromatic N) is 1. The van der Waals surface area contributed by atoms with Gasteiger partial charge in [0.1, 0.15) is 0 Å². The summed E-state index contributed by atoms with van der Waals surface area (Å²) in [7, 11) is 0. The summed E-state index contributed by atoms with van der Waals surface area (Å²) in [5.41, 5.74) is 6.21. The molecule has 0 bridgehead atoms. The first-order chi connectivity index (χ1) is 5.70. The standard InChI is InChI=1S/C8H12N4.HI/c9-8(10)12(11)6-7-4-2-1-3-5-7;/h1-5H,6,11H2,(H3,9,10);1H. The van der Waals surface area contributed by atoms with Crippen molar-refractivity contribution in [3.8, 4) is 0 Å². The predicted molar refractivity (Wildman–Crippen MR) is 63.5 cm³/mol. The maximum absolute atomic E-state index is 7.03. The van der Waals surface area contributed by atoms with Crippen molar-refractivity contribution in [3.05, 3.63) is 35.9 Å². The van der Waals surface area contributed by atoms with Gasteiger partial charge in [0, 0.05) is 0 Å². The Balaban J connectivity index is 0.00000144. The Morgan fingerprint density at radius 2 is 1.85 bits per heavy atom. The van der Waals surface area contributed by atoms with E-state index in [1.54, 1.807) is 0 Å². The van der Waals surface area contributed by atoms with Gasteiger partial charge in [-0.05, 0) is 5.56 Å². The third-order valence-corrected chi connectivity index (χ3v) is 1.51. The van der Waals surface area contributed by atoms with Gasteiger partial charge < -0.3 is 5.73 Å². The van der Waals surface area contributed by atoms with Crippen LogP contribution in [0.1, 0.15) is 5.56 Å². The van der Waals surface area contributed by atoms with Crippen molar-refractivity contribution in [1.29, 1.82) is 5.41 Å². The molecule has 0 atom stereocenters. The topological polar surface area (TPSA) is 79.1 Å². The SMILES string of the molecule is I.N=C(N)N(N)Cc1ccccc1. The second-order valence-electron chi connectivity index (χ2n) is 2.50. The molecule has 0 heterocycles. The number of benzene rings is 1. The molecule has 0 radical (unpaired) electrons. The van der Waals surface area contributed by atoms with E-state index in [-0.39, 0.29) is 29.9 Å². The second kappa shape index (κ2) is 5.76. The average Bonchev–Trinajstić information content (AvgIpc) is 2.06. The zero-order valence-electron chi connectivity index (χ0n) is 7.10. The lowest BCUT2D eigenvalue weighted by atomic mass is 10.2. The highest BCUT2D eigenvalue weighted by atomic mass is 127. The first kappa shape index (κ1) is 12.2. The zero-order valence-corrected chi connectivity index (χ0v) is 9.43. The van der Waals surface area contributed by atoms with Gasteiger partial charge in [-0.3, -0.25) is 10.4 Å². The Morgan fingerprint density at radius 3 is 2.31 bits per heavy atom. The molecule has 1 aromatic rings. The van der Waals surface area contributed by atoms with E-state index in [1.807, 2.05) is 30.3 Å². The van der Waals surface area contributed by atoms with Crippen LogP contribution in [0.5, 0.6) is 0 Å². The van der Waals surface area contributed by atoms with Gasteiger partial charge in [-0.2, -0.15) is 0 Å². The van der Waals surface area contributed by atoms with E-state index in [1.165, 1.54) is 5.01 Å². The lowest BCUT2D eigenvalue weighted by Crippen LogP contribution is -2.41. The van der Waals surface area contributed by atoms with Crippen LogP contribution in [-0.4, -0.2) is 11.0 Å². The molecular weight excluding hydrogens is 279 g/mol. The molecule has 0 unspecified atom stereocenters. The number of guanidine groups is 1. The molecule has 1 aromatic carbocycles. The summed E-state index contributed by atoms with van der Waals surface area (Å²) in [6, 6.07) is 9.64. The third-order valence-electron chi connectivity index (χ3n) is 1.51. The van der Waals surface area contributed by atoms with Gasteiger partial charge in [-0.15, -0.1) is 24.0 Å². The summed E-state index contributed by atoms with van der Waals surface area (Å²) in [6.07, 6.45) is 0. The van der Waals surface area contributed by atoms with Crippen LogP contribution < -0.4 is 11.6 Å². The number of halogens is 1. The van der Waals surface area contributed by atoms with Crippen LogP contribution in [0.4, 0.5) is 0 Å². The smallest absolute Gasteiger partial charge is 0.203 e. The van der Waals surface area contributed by atoms with Crippen LogP contribution in [0.25, 0.3) is 0 Å². The maximum atomic E-state index is 7.03. The van der Waals surface area contributed by atoms with Gasteiger partial charge in [0.25, 0.3) is 0 Å². The first-order valence-electron chi connectivity index (χ1n) is 3.60. The van der Waals surface area contributed by atoms with Crippen molar-refractivity contribution in [3.63, 3.8) is 0 Å². The summed E-state index contributed by atoms with van der Waals surface area (Å²) in [6.45, 7) is 0.468. The minimum absolute atomic E-state index is 0. The van der Waals surface area contributed by atoms with Gasteiger partial charge in [-0.1, -0.05) is 30.3 Å². The van der Waals surface area contributed by atoms with Crippen molar-refractivity contribution in [2.24, 2.45) is 11.6 Å². The number of rotatable bonds is 2. The summed E-state index contributed by atoms with van der Waals surface area (Å²) in [5.74, 6) is 5.31. The predicted octanol–water partition coefficient (Wildman–Crippen LogP) is 0.874. The fourth-order valence-electron chi connectivity index (χ4n) is 0.865. The molecule has 0 amide bonds. The van der Waals surface area contributed by atoms with Gasteiger partial charge >= 0.3 is 0 Å². The highest BCUT2D eigenvalue weighted by Gasteiger charge is 1.99. The Kier molecular flexibility index (Phi) is 5.40. The number of hydrogen-bond acceptors (Lipinski definition) is 2. The number of hydrazine groups is 1. The van der Waals surface area contributed by atoms with Crippen LogP contribution in [0, 0.1) is 5.41 Å². The van der Waals surface area contributed by atoms with E-state index in [2.05, 4.69) is 0 Å². The zero-order chi connectivity index (χ0) is 8.97. The Morgan fingerprint density at radius 1 is 1.31 bits per heavy atom. The molecular formula is C8H13IN4. The first-order valence-corrected chi connectivity index (χ1v) is 3.60. The summed E-state index contributed by atoms with van der Waals surface area (Å²) in [4.78, 5) is 0. The van der Waals surface area contributed by atoms with Gasteiger partial charge in [-0.25, -0.2) is 5.84 Å². The quantitative estimate of drug-likeness (QED) is 0.249. The van der Waals surface area contributed by atoms with Gasteiger partial charge in [0.05, 0.1) is 6.54 Å². The minimum Gasteiger partial charge on any atom is -0.369 e. The Labute approximate surface area is 94.4 Å².